The first-order valence-corrected chi connectivity index (χ1v) is 9.89. The van der Waals surface area contributed by atoms with E-state index in [-0.39, 0.29) is 42.0 Å². The summed E-state index contributed by atoms with van der Waals surface area (Å²) in [5, 5.41) is 0. The van der Waals surface area contributed by atoms with Gasteiger partial charge in [-0.15, -0.1) is 0 Å². The predicted molar refractivity (Wildman–Crippen MR) is 95.1 cm³/mol. The first kappa shape index (κ1) is 17.2. The number of imide groups is 1. The largest absolute Gasteiger partial charge is 0.336 e. The summed E-state index contributed by atoms with van der Waals surface area (Å²) in [5.74, 6) is -0.314. The summed E-state index contributed by atoms with van der Waals surface area (Å²) in [4.78, 5) is 57.3. The number of rotatable bonds is 0. The van der Waals surface area contributed by atoms with Crippen LogP contribution < -0.4 is 0 Å². The van der Waals surface area contributed by atoms with E-state index in [4.69, 9.17) is 0 Å². The zero-order chi connectivity index (χ0) is 19.7. The molecule has 0 N–H and O–H groups in total. The van der Waals surface area contributed by atoms with Crippen molar-refractivity contribution in [3.8, 4) is 0 Å². The van der Waals surface area contributed by atoms with Crippen LogP contribution in [-0.4, -0.2) is 69.5 Å². The molecule has 6 aliphatic rings. The van der Waals surface area contributed by atoms with Gasteiger partial charge in [-0.2, -0.15) is 0 Å². The lowest BCUT2D eigenvalue weighted by atomic mass is 9.61. The molecule has 27 heavy (non-hydrogen) atoms. The highest BCUT2D eigenvalue weighted by atomic mass is 16.2. The van der Waals surface area contributed by atoms with E-state index >= 15 is 0 Å². The van der Waals surface area contributed by atoms with E-state index in [0.29, 0.717) is 19.3 Å². The predicted octanol–water partition coefficient (Wildman–Crippen LogP) is 0.772. The molecule has 1 saturated carbocycles. The van der Waals surface area contributed by atoms with Gasteiger partial charge in [0.25, 0.3) is 0 Å². The second-order valence-corrected chi connectivity index (χ2v) is 10.1. The molecule has 3 spiro atoms. The van der Waals surface area contributed by atoms with Gasteiger partial charge in [-0.1, -0.05) is 20.8 Å². The molecular weight excluding hydrogens is 346 g/mol. The summed E-state index contributed by atoms with van der Waals surface area (Å²) in [5.41, 5.74) is -2.79. The highest BCUT2D eigenvalue weighted by molar-refractivity contribution is 6.07. The molecule has 1 unspecified atom stereocenters. The van der Waals surface area contributed by atoms with Crippen molar-refractivity contribution in [2.75, 3.05) is 14.1 Å². The van der Waals surface area contributed by atoms with Crippen molar-refractivity contribution in [3.05, 3.63) is 0 Å². The Bertz CT molecular complexity index is 837. The molecule has 4 amide bonds. The molecule has 6 rings (SSSR count). The maximum atomic E-state index is 13.5. The van der Waals surface area contributed by atoms with Crippen LogP contribution in [0.4, 0.5) is 0 Å². The fourth-order valence-corrected chi connectivity index (χ4v) is 7.62. The smallest absolute Gasteiger partial charge is 0.249 e. The Hall–Kier alpha value is -1.92. The van der Waals surface area contributed by atoms with Crippen LogP contribution in [0.2, 0.25) is 0 Å². The van der Waals surface area contributed by atoms with E-state index in [1.54, 1.807) is 7.05 Å². The maximum Gasteiger partial charge on any atom is 0.249 e. The highest BCUT2D eigenvalue weighted by Gasteiger charge is 2.82. The van der Waals surface area contributed by atoms with Crippen LogP contribution in [0, 0.1) is 16.7 Å². The molecule has 0 aromatic carbocycles. The fourth-order valence-electron chi connectivity index (χ4n) is 7.62. The standard InChI is InChI=1S/C20H27N3O4/c1-11-8-12(24)23-14-17(2,3)18(9-13(25)21(4)15(18)26)10-19(14)6-7-20(11,23)16(27)22(19)5/h11,14H,6-10H2,1-5H3/t11-,14?,18-,19+,20+/m0/s1. The molecule has 7 nitrogen and oxygen atoms in total. The molecule has 5 aliphatic heterocycles. The number of carbonyl (C=O) groups is 4. The zero-order valence-electron chi connectivity index (χ0n) is 16.7. The second kappa shape index (κ2) is 4.39. The van der Waals surface area contributed by atoms with Crippen molar-refractivity contribution < 1.29 is 19.2 Å². The number of likely N-dealkylation sites (tertiary alicyclic amines) is 1. The molecule has 1 aliphatic carbocycles. The van der Waals surface area contributed by atoms with Crippen LogP contribution in [-0.2, 0) is 19.2 Å². The van der Waals surface area contributed by atoms with Gasteiger partial charge < -0.3 is 9.80 Å². The number of piperidine rings is 2. The minimum absolute atomic E-state index is 0.0151. The van der Waals surface area contributed by atoms with E-state index in [9.17, 15) is 19.2 Å². The van der Waals surface area contributed by atoms with Gasteiger partial charge in [0.05, 0.1) is 17.0 Å². The normalized spacial score (nSPS) is 47.5. The van der Waals surface area contributed by atoms with Crippen molar-refractivity contribution in [1.82, 2.24) is 14.7 Å². The van der Waals surface area contributed by atoms with E-state index in [2.05, 4.69) is 0 Å². The number of hydrogen-bond acceptors (Lipinski definition) is 4. The number of carbonyl (C=O) groups excluding carboxylic acids is 4. The Morgan fingerprint density at radius 3 is 2.22 bits per heavy atom. The van der Waals surface area contributed by atoms with Crippen LogP contribution in [0.3, 0.4) is 0 Å². The molecule has 0 aromatic rings. The summed E-state index contributed by atoms with van der Waals surface area (Å²) >= 11 is 0. The Balaban J connectivity index is 1.76. The third-order valence-electron chi connectivity index (χ3n) is 9.11. The molecule has 2 bridgehead atoms. The summed E-state index contributed by atoms with van der Waals surface area (Å²) in [7, 11) is 3.38. The Morgan fingerprint density at radius 1 is 0.963 bits per heavy atom. The van der Waals surface area contributed by atoms with Crippen LogP contribution in [0.15, 0.2) is 0 Å². The number of amides is 4. The highest BCUT2D eigenvalue weighted by Crippen LogP contribution is 2.71. The molecule has 0 aromatic heterocycles. The number of hydrogen-bond donors (Lipinski definition) is 0. The molecule has 146 valence electrons. The molecule has 6 fully saturated rings. The first-order chi connectivity index (χ1) is 12.5. The molecule has 5 heterocycles. The summed E-state index contributed by atoms with van der Waals surface area (Å²) in [6, 6.07) is -0.234. The summed E-state index contributed by atoms with van der Waals surface area (Å²) in [6.07, 6.45) is 2.44. The van der Waals surface area contributed by atoms with E-state index in [0.717, 1.165) is 6.42 Å². The van der Waals surface area contributed by atoms with Crippen LogP contribution in [0.25, 0.3) is 0 Å². The summed E-state index contributed by atoms with van der Waals surface area (Å²) in [6.45, 7) is 6.05. The second-order valence-electron chi connectivity index (χ2n) is 10.1. The molecule has 7 heteroatoms. The topological polar surface area (TPSA) is 78.0 Å². The number of piperazine rings is 1. The molecule has 0 radical (unpaired) electrons. The van der Waals surface area contributed by atoms with E-state index in [1.165, 1.54) is 4.90 Å². The van der Waals surface area contributed by atoms with Gasteiger partial charge in [-0.3, -0.25) is 24.1 Å². The van der Waals surface area contributed by atoms with Crippen LogP contribution in [0.5, 0.6) is 0 Å². The molecule has 5 saturated heterocycles. The van der Waals surface area contributed by atoms with E-state index < -0.39 is 21.9 Å². The van der Waals surface area contributed by atoms with Gasteiger partial charge in [-0.25, -0.2) is 0 Å². The quantitative estimate of drug-likeness (QED) is 0.588. The Morgan fingerprint density at radius 2 is 1.63 bits per heavy atom. The van der Waals surface area contributed by atoms with Gasteiger partial charge in [0.1, 0.15) is 5.54 Å². The number of fused-ring (bicyclic) bond motifs is 2. The minimum atomic E-state index is -0.857. The Labute approximate surface area is 159 Å². The zero-order valence-corrected chi connectivity index (χ0v) is 16.7. The third-order valence-corrected chi connectivity index (χ3v) is 9.11. The van der Waals surface area contributed by atoms with Crippen LogP contribution >= 0.6 is 0 Å². The van der Waals surface area contributed by atoms with Gasteiger partial charge in [-0.05, 0) is 25.2 Å². The van der Waals surface area contributed by atoms with Gasteiger partial charge in [0.15, 0.2) is 0 Å². The van der Waals surface area contributed by atoms with Crippen molar-refractivity contribution in [1.29, 1.82) is 0 Å². The monoisotopic (exact) mass is 373 g/mol. The lowest BCUT2D eigenvalue weighted by molar-refractivity contribution is -0.196. The van der Waals surface area contributed by atoms with Crippen molar-refractivity contribution in [3.63, 3.8) is 0 Å². The third kappa shape index (κ3) is 1.42. The average molecular weight is 373 g/mol. The number of likely N-dealkylation sites (N-methyl/N-ethyl adjacent to an activating group) is 1. The Kier molecular flexibility index (Phi) is 2.79. The van der Waals surface area contributed by atoms with E-state index in [1.807, 2.05) is 37.6 Å². The fraction of sp³-hybridized carbons (Fsp3) is 0.800. The lowest BCUT2D eigenvalue weighted by Crippen LogP contribution is -2.81. The maximum absolute atomic E-state index is 13.5. The van der Waals surface area contributed by atoms with Gasteiger partial charge >= 0.3 is 0 Å². The number of nitrogens with zero attached hydrogens (tertiary/aromatic N) is 3. The van der Waals surface area contributed by atoms with Crippen molar-refractivity contribution in [2.45, 2.75) is 70.0 Å². The van der Waals surface area contributed by atoms with Gasteiger partial charge in [0, 0.05) is 32.4 Å². The molecular formula is C20H27N3O4. The van der Waals surface area contributed by atoms with Crippen LogP contribution in [0.1, 0.15) is 52.9 Å². The lowest BCUT2D eigenvalue weighted by Gasteiger charge is -2.65. The average Bonchev–Trinajstić information content (AvgIpc) is 3.07. The minimum Gasteiger partial charge on any atom is -0.336 e. The SMILES string of the molecule is C[C@H]1CC(=O)N2C3C(C)(C)[C@@]4(CC(=O)N(C)C4=O)C[C@]34CC[C@]12C(=O)N4C. The summed E-state index contributed by atoms with van der Waals surface area (Å²) < 4.78 is 0. The molecule has 5 atom stereocenters. The first-order valence-electron chi connectivity index (χ1n) is 9.89. The van der Waals surface area contributed by atoms with Gasteiger partial charge in [0.2, 0.25) is 23.6 Å². The van der Waals surface area contributed by atoms with Crippen molar-refractivity contribution in [2.24, 2.45) is 16.7 Å². The van der Waals surface area contributed by atoms with Crippen molar-refractivity contribution >= 4 is 23.6 Å².